The average Bonchev–Trinajstić information content (AvgIpc) is 1.95. The zero-order chi connectivity index (χ0) is 10.5. The second-order valence-corrected chi connectivity index (χ2v) is 5.35. The Morgan fingerprint density at radius 1 is 1.15 bits per heavy atom. The molecule has 1 N–H and O–H groups in total. The molecule has 0 bridgehead atoms. The van der Waals surface area contributed by atoms with E-state index in [-0.39, 0.29) is 6.10 Å². The fraction of sp³-hybridized carbons (Fsp3) is 1.00. The summed E-state index contributed by atoms with van der Waals surface area (Å²) in [6.07, 6.45) is 2.80. The first kappa shape index (κ1) is 12.9. The molecule has 2 nitrogen and oxygen atoms in total. The van der Waals surface area contributed by atoms with E-state index in [1.54, 1.807) is 0 Å². The van der Waals surface area contributed by atoms with Crippen molar-refractivity contribution in [2.45, 2.75) is 46.1 Å². The van der Waals surface area contributed by atoms with Gasteiger partial charge in [-0.2, -0.15) is 0 Å². The van der Waals surface area contributed by atoms with Crippen LogP contribution >= 0.6 is 0 Å². The smallest absolute Gasteiger partial charge is 0.0552 e. The van der Waals surface area contributed by atoms with Gasteiger partial charge in [0.25, 0.3) is 0 Å². The van der Waals surface area contributed by atoms with Crippen LogP contribution in [0, 0.1) is 5.41 Å². The van der Waals surface area contributed by atoms with E-state index in [2.05, 4.69) is 25.7 Å². The lowest BCUT2D eigenvalue weighted by Gasteiger charge is -2.21. The Kier molecular flexibility index (Phi) is 5.57. The van der Waals surface area contributed by atoms with E-state index in [9.17, 15) is 5.11 Å². The van der Waals surface area contributed by atoms with Gasteiger partial charge in [0.1, 0.15) is 0 Å². The summed E-state index contributed by atoms with van der Waals surface area (Å²) in [4.78, 5) is 2.11. The highest BCUT2D eigenvalue weighted by Crippen LogP contribution is 2.22. The Hall–Kier alpha value is -0.0800. The molecule has 0 fully saturated rings. The lowest BCUT2D eigenvalue weighted by Crippen LogP contribution is -2.20. The van der Waals surface area contributed by atoms with Crippen molar-refractivity contribution in [3.63, 3.8) is 0 Å². The molecule has 2 heteroatoms. The summed E-state index contributed by atoms with van der Waals surface area (Å²) in [7, 11) is 4.08. The molecule has 80 valence electrons. The van der Waals surface area contributed by atoms with Gasteiger partial charge in [-0.15, -0.1) is 0 Å². The molecule has 0 amide bonds. The second-order valence-electron chi connectivity index (χ2n) is 5.35. The molecule has 0 spiro atoms. The zero-order valence-electron chi connectivity index (χ0n) is 9.80. The Labute approximate surface area is 82.9 Å². The van der Waals surface area contributed by atoms with Gasteiger partial charge < -0.3 is 10.0 Å². The molecule has 1 unspecified atom stereocenters. The van der Waals surface area contributed by atoms with Crippen molar-refractivity contribution in [2.24, 2.45) is 5.41 Å². The molecule has 0 rings (SSSR count). The maximum absolute atomic E-state index is 9.63. The number of aliphatic hydroxyl groups is 1. The van der Waals surface area contributed by atoms with Crippen molar-refractivity contribution >= 4 is 0 Å². The summed E-state index contributed by atoms with van der Waals surface area (Å²) in [5.41, 5.74) is 0.346. The molecular weight excluding hydrogens is 162 g/mol. The van der Waals surface area contributed by atoms with Crippen LogP contribution in [0.1, 0.15) is 40.0 Å². The Morgan fingerprint density at radius 2 is 1.69 bits per heavy atom. The van der Waals surface area contributed by atoms with E-state index in [0.717, 1.165) is 25.8 Å². The van der Waals surface area contributed by atoms with Crippen LogP contribution in [0.2, 0.25) is 0 Å². The van der Waals surface area contributed by atoms with Crippen LogP contribution in [-0.4, -0.2) is 36.8 Å². The highest BCUT2D eigenvalue weighted by atomic mass is 16.3. The summed E-state index contributed by atoms with van der Waals surface area (Å²) in [5, 5.41) is 9.63. The van der Waals surface area contributed by atoms with Crippen molar-refractivity contribution in [2.75, 3.05) is 20.6 Å². The third-order valence-electron chi connectivity index (χ3n) is 2.14. The van der Waals surface area contributed by atoms with Crippen LogP contribution in [0.3, 0.4) is 0 Å². The van der Waals surface area contributed by atoms with Crippen LogP contribution in [0.5, 0.6) is 0 Å². The van der Waals surface area contributed by atoms with Gasteiger partial charge in [0.15, 0.2) is 0 Å². The molecule has 0 aromatic heterocycles. The molecule has 1 atom stereocenters. The highest BCUT2D eigenvalue weighted by molar-refractivity contribution is 4.66. The van der Waals surface area contributed by atoms with Gasteiger partial charge in [0.05, 0.1) is 6.10 Å². The van der Waals surface area contributed by atoms with Crippen molar-refractivity contribution < 1.29 is 5.11 Å². The summed E-state index contributed by atoms with van der Waals surface area (Å²) in [6.45, 7) is 7.62. The Morgan fingerprint density at radius 3 is 2.08 bits per heavy atom. The Balaban J connectivity index is 3.46. The lowest BCUT2D eigenvalue weighted by molar-refractivity contribution is 0.127. The van der Waals surface area contributed by atoms with Crippen LogP contribution in [0.15, 0.2) is 0 Å². The first-order chi connectivity index (χ1) is 5.81. The average molecular weight is 187 g/mol. The number of aliphatic hydroxyl groups excluding tert-OH is 1. The van der Waals surface area contributed by atoms with E-state index in [0.29, 0.717) is 5.41 Å². The molecule has 0 heterocycles. The van der Waals surface area contributed by atoms with Crippen LogP contribution < -0.4 is 0 Å². The largest absolute Gasteiger partial charge is 0.393 e. The predicted octanol–water partition coefficient (Wildman–Crippen LogP) is 2.13. The van der Waals surface area contributed by atoms with Gasteiger partial charge in [-0.1, -0.05) is 20.8 Å². The van der Waals surface area contributed by atoms with Crippen molar-refractivity contribution in [1.29, 1.82) is 0 Å². The third kappa shape index (κ3) is 9.84. The first-order valence-corrected chi connectivity index (χ1v) is 5.14. The van der Waals surface area contributed by atoms with Crippen LogP contribution in [-0.2, 0) is 0 Å². The first-order valence-electron chi connectivity index (χ1n) is 5.14. The van der Waals surface area contributed by atoms with E-state index in [1.165, 1.54) is 0 Å². The normalized spacial score (nSPS) is 15.0. The van der Waals surface area contributed by atoms with Gasteiger partial charge in [0, 0.05) is 0 Å². The molecular formula is C11H25NO. The molecule has 0 saturated heterocycles. The fourth-order valence-corrected chi connectivity index (χ4v) is 1.15. The lowest BCUT2D eigenvalue weighted by atomic mass is 9.89. The summed E-state index contributed by atoms with van der Waals surface area (Å²) >= 11 is 0. The van der Waals surface area contributed by atoms with Crippen molar-refractivity contribution in [1.82, 2.24) is 4.90 Å². The van der Waals surface area contributed by atoms with Crippen LogP contribution in [0.4, 0.5) is 0 Å². The molecule has 0 radical (unpaired) electrons. The van der Waals surface area contributed by atoms with E-state index in [4.69, 9.17) is 0 Å². The van der Waals surface area contributed by atoms with E-state index >= 15 is 0 Å². The molecule has 0 aliphatic rings. The quantitative estimate of drug-likeness (QED) is 0.712. The maximum Gasteiger partial charge on any atom is 0.0552 e. The SMILES string of the molecule is CN(C)CCC(O)CCC(C)(C)C. The fourth-order valence-electron chi connectivity index (χ4n) is 1.15. The summed E-state index contributed by atoms with van der Waals surface area (Å²) in [6, 6.07) is 0. The van der Waals surface area contributed by atoms with Gasteiger partial charge >= 0.3 is 0 Å². The van der Waals surface area contributed by atoms with Gasteiger partial charge in [-0.3, -0.25) is 0 Å². The van der Waals surface area contributed by atoms with Gasteiger partial charge in [0.2, 0.25) is 0 Å². The highest BCUT2D eigenvalue weighted by Gasteiger charge is 2.13. The predicted molar refractivity (Wildman–Crippen MR) is 57.9 cm³/mol. The molecule has 0 aliphatic heterocycles. The maximum atomic E-state index is 9.63. The number of hydrogen-bond donors (Lipinski definition) is 1. The minimum atomic E-state index is -0.123. The van der Waals surface area contributed by atoms with Gasteiger partial charge in [-0.25, -0.2) is 0 Å². The minimum Gasteiger partial charge on any atom is -0.393 e. The summed E-state index contributed by atoms with van der Waals surface area (Å²) < 4.78 is 0. The topological polar surface area (TPSA) is 23.5 Å². The number of rotatable bonds is 5. The monoisotopic (exact) mass is 187 g/mol. The number of hydrogen-bond acceptors (Lipinski definition) is 2. The van der Waals surface area contributed by atoms with Crippen LogP contribution in [0.25, 0.3) is 0 Å². The number of nitrogens with zero attached hydrogens (tertiary/aromatic N) is 1. The van der Waals surface area contributed by atoms with Crippen molar-refractivity contribution in [3.05, 3.63) is 0 Å². The second kappa shape index (κ2) is 5.61. The standard InChI is InChI=1S/C11H25NO/c1-11(2,3)8-6-10(13)7-9-12(4)5/h10,13H,6-9H2,1-5H3. The van der Waals surface area contributed by atoms with E-state index < -0.39 is 0 Å². The van der Waals surface area contributed by atoms with Crippen molar-refractivity contribution in [3.8, 4) is 0 Å². The molecule has 13 heavy (non-hydrogen) atoms. The van der Waals surface area contributed by atoms with E-state index in [1.807, 2.05) is 14.1 Å². The Bertz CT molecular complexity index is 127. The zero-order valence-corrected chi connectivity index (χ0v) is 9.80. The molecule has 0 aromatic rings. The molecule has 0 aromatic carbocycles. The minimum absolute atomic E-state index is 0.123. The molecule has 0 aliphatic carbocycles. The molecule has 0 saturated carbocycles. The summed E-state index contributed by atoms with van der Waals surface area (Å²) in [5.74, 6) is 0. The third-order valence-corrected chi connectivity index (χ3v) is 2.14. The van der Waals surface area contributed by atoms with Gasteiger partial charge in [-0.05, 0) is 45.3 Å².